The van der Waals surface area contributed by atoms with Gasteiger partial charge in [-0.05, 0) is 30.7 Å². The van der Waals surface area contributed by atoms with E-state index in [1.165, 1.54) is 16.5 Å². The van der Waals surface area contributed by atoms with Crippen LogP contribution in [0.3, 0.4) is 0 Å². The molecular weight excluding hydrogens is 198 g/mol. The first-order valence-electron chi connectivity index (χ1n) is 5.64. The van der Waals surface area contributed by atoms with E-state index in [4.69, 9.17) is 0 Å². The van der Waals surface area contributed by atoms with Crippen LogP contribution in [0.25, 0.3) is 16.5 Å². The first-order valence-corrected chi connectivity index (χ1v) is 5.64. The van der Waals surface area contributed by atoms with E-state index in [9.17, 15) is 0 Å². The molecule has 16 heavy (non-hydrogen) atoms. The third-order valence-electron chi connectivity index (χ3n) is 3.22. The number of nitrogens with one attached hydrogen (secondary N) is 1. The Morgan fingerprint density at radius 3 is 3.12 bits per heavy atom. The van der Waals surface area contributed by atoms with E-state index in [-0.39, 0.29) is 0 Å². The van der Waals surface area contributed by atoms with Gasteiger partial charge >= 0.3 is 0 Å². The van der Waals surface area contributed by atoms with E-state index in [2.05, 4.69) is 46.4 Å². The Bertz CT molecular complexity index is 539. The molecule has 0 spiro atoms. The summed E-state index contributed by atoms with van der Waals surface area (Å²) in [5, 5.41) is 8.25. The lowest BCUT2D eigenvalue weighted by Crippen LogP contribution is -2.23. The average Bonchev–Trinajstić information content (AvgIpc) is 2.77. The summed E-state index contributed by atoms with van der Waals surface area (Å²) in [5.74, 6) is 0. The lowest BCUT2D eigenvalue weighted by atomic mass is 9.99. The molecule has 2 heterocycles. The number of aromatic amines is 1. The van der Waals surface area contributed by atoms with Crippen molar-refractivity contribution < 1.29 is 0 Å². The standard InChI is InChI=1S/C13H15N3/c1-16-6-4-10(5-7-16)11-2-3-12-9-14-15-13(12)8-11/h2-4,8-9H,5-7H2,1H3,(H,14,15). The van der Waals surface area contributed by atoms with Gasteiger partial charge in [-0.1, -0.05) is 18.2 Å². The summed E-state index contributed by atoms with van der Waals surface area (Å²) in [6.45, 7) is 2.20. The molecule has 0 radical (unpaired) electrons. The summed E-state index contributed by atoms with van der Waals surface area (Å²) in [6.07, 6.45) is 5.32. The maximum absolute atomic E-state index is 4.05. The minimum absolute atomic E-state index is 1.05. The highest BCUT2D eigenvalue weighted by atomic mass is 15.1. The number of benzene rings is 1. The zero-order valence-corrected chi connectivity index (χ0v) is 9.40. The van der Waals surface area contributed by atoms with Crippen molar-refractivity contribution in [1.82, 2.24) is 15.1 Å². The topological polar surface area (TPSA) is 31.9 Å². The van der Waals surface area contributed by atoms with Gasteiger partial charge < -0.3 is 4.90 Å². The molecule has 1 N–H and O–H groups in total. The van der Waals surface area contributed by atoms with Crippen molar-refractivity contribution in [2.24, 2.45) is 0 Å². The Balaban J connectivity index is 1.99. The summed E-state index contributed by atoms with van der Waals surface area (Å²) in [6, 6.07) is 6.52. The molecule has 1 aromatic carbocycles. The Labute approximate surface area is 94.8 Å². The Morgan fingerprint density at radius 2 is 2.31 bits per heavy atom. The zero-order chi connectivity index (χ0) is 11.0. The SMILES string of the molecule is CN1CC=C(c2ccc3cn[nH]c3c2)CC1. The predicted molar refractivity (Wildman–Crippen MR) is 66.2 cm³/mol. The van der Waals surface area contributed by atoms with Crippen LogP contribution in [0, 0.1) is 0 Å². The third-order valence-corrected chi connectivity index (χ3v) is 3.22. The molecule has 1 aliphatic heterocycles. The molecule has 0 atom stereocenters. The van der Waals surface area contributed by atoms with Crippen LogP contribution in [-0.2, 0) is 0 Å². The maximum atomic E-state index is 4.05. The van der Waals surface area contributed by atoms with Crippen LogP contribution in [-0.4, -0.2) is 35.2 Å². The molecule has 0 amide bonds. The first-order chi connectivity index (χ1) is 7.83. The number of hydrogen-bond acceptors (Lipinski definition) is 2. The molecule has 2 aromatic rings. The van der Waals surface area contributed by atoms with E-state index >= 15 is 0 Å². The van der Waals surface area contributed by atoms with Gasteiger partial charge in [-0.2, -0.15) is 5.10 Å². The summed E-state index contributed by atoms with van der Waals surface area (Å²) in [5.41, 5.74) is 3.90. The highest BCUT2D eigenvalue weighted by molar-refractivity contribution is 5.82. The van der Waals surface area contributed by atoms with Crippen LogP contribution in [0.1, 0.15) is 12.0 Å². The molecule has 0 aliphatic carbocycles. The predicted octanol–water partition coefficient (Wildman–Crippen LogP) is 2.28. The highest BCUT2D eigenvalue weighted by Gasteiger charge is 2.10. The molecule has 1 aromatic heterocycles. The van der Waals surface area contributed by atoms with Gasteiger partial charge in [0.05, 0.1) is 11.7 Å². The number of likely N-dealkylation sites (N-methyl/N-ethyl adjacent to an activating group) is 1. The smallest absolute Gasteiger partial charge is 0.0656 e. The highest BCUT2D eigenvalue weighted by Crippen LogP contribution is 2.24. The molecule has 3 rings (SSSR count). The molecule has 3 heteroatoms. The molecule has 1 aliphatic rings. The van der Waals surface area contributed by atoms with Crippen molar-refractivity contribution >= 4 is 16.5 Å². The zero-order valence-electron chi connectivity index (χ0n) is 9.40. The van der Waals surface area contributed by atoms with E-state index in [1.54, 1.807) is 0 Å². The Morgan fingerprint density at radius 1 is 1.38 bits per heavy atom. The molecule has 0 unspecified atom stereocenters. The second-order valence-electron chi connectivity index (χ2n) is 4.41. The number of H-pyrrole nitrogens is 1. The summed E-state index contributed by atoms with van der Waals surface area (Å²) >= 11 is 0. The van der Waals surface area contributed by atoms with Crippen molar-refractivity contribution in [2.75, 3.05) is 20.1 Å². The quantitative estimate of drug-likeness (QED) is 0.788. The average molecular weight is 213 g/mol. The lowest BCUT2D eigenvalue weighted by Gasteiger charge is -2.22. The Hall–Kier alpha value is -1.61. The van der Waals surface area contributed by atoms with E-state index in [1.807, 2.05) is 6.20 Å². The van der Waals surface area contributed by atoms with Gasteiger partial charge in [0.1, 0.15) is 0 Å². The van der Waals surface area contributed by atoms with Gasteiger partial charge in [0, 0.05) is 18.5 Å². The second kappa shape index (κ2) is 3.76. The molecule has 3 nitrogen and oxygen atoms in total. The van der Waals surface area contributed by atoms with Crippen molar-refractivity contribution in [3.63, 3.8) is 0 Å². The lowest BCUT2D eigenvalue weighted by molar-refractivity contribution is 0.370. The fourth-order valence-corrected chi connectivity index (χ4v) is 2.17. The number of hydrogen-bond donors (Lipinski definition) is 1. The second-order valence-corrected chi connectivity index (χ2v) is 4.41. The molecule has 0 saturated heterocycles. The number of rotatable bonds is 1. The first kappa shape index (κ1) is 9.60. The molecular formula is C13H15N3. The Kier molecular flexibility index (Phi) is 2.26. The van der Waals surface area contributed by atoms with Gasteiger partial charge in [0.2, 0.25) is 0 Å². The van der Waals surface area contributed by atoms with Crippen LogP contribution < -0.4 is 0 Å². The van der Waals surface area contributed by atoms with Crippen LogP contribution in [0.2, 0.25) is 0 Å². The van der Waals surface area contributed by atoms with Crippen LogP contribution in [0.4, 0.5) is 0 Å². The third kappa shape index (κ3) is 1.63. The van der Waals surface area contributed by atoms with E-state index in [0.29, 0.717) is 0 Å². The van der Waals surface area contributed by atoms with Gasteiger partial charge in [0.15, 0.2) is 0 Å². The molecule has 0 saturated carbocycles. The summed E-state index contributed by atoms with van der Waals surface area (Å²) in [4.78, 5) is 2.33. The maximum Gasteiger partial charge on any atom is 0.0656 e. The van der Waals surface area contributed by atoms with Crippen molar-refractivity contribution in [2.45, 2.75) is 6.42 Å². The minimum atomic E-state index is 1.05. The molecule has 0 bridgehead atoms. The van der Waals surface area contributed by atoms with E-state index in [0.717, 1.165) is 25.0 Å². The summed E-state index contributed by atoms with van der Waals surface area (Å²) in [7, 11) is 2.16. The fraction of sp³-hybridized carbons (Fsp3) is 0.308. The fourth-order valence-electron chi connectivity index (χ4n) is 2.17. The monoisotopic (exact) mass is 213 g/mol. The largest absolute Gasteiger partial charge is 0.302 e. The van der Waals surface area contributed by atoms with E-state index < -0.39 is 0 Å². The number of fused-ring (bicyclic) bond motifs is 1. The molecule has 82 valence electrons. The van der Waals surface area contributed by atoms with Crippen molar-refractivity contribution in [1.29, 1.82) is 0 Å². The minimum Gasteiger partial charge on any atom is -0.302 e. The van der Waals surface area contributed by atoms with Crippen LogP contribution in [0.5, 0.6) is 0 Å². The normalized spacial score (nSPS) is 17.7. The number of nitrogens with zero attached hydrogens (tertiary/aromatic N) is 2. The van der Waals surface area contributed by atoms with Gasteiger partial charge in [-0.3, -0.25) is 5.10 Å². The van der Waals surface area contributed by atoms with Crippen LogP contribution >= 0.6 is 0 Å². The van der Waals surface area contributed by atoms with Gasteiger partial charge in [-0.15, -0.1) is 0 Å². The molecule has 0 fully saturated rings. The van der Waals surface area contributed by atoms with Gasteiger partial charge in [-0.25, -0.2) is 0 Å². The van der Waals surface area contributed by atoms with Crippen molar-refractivity contribution in [3.8, 4) is 0 Å². The van der Waals surface area contributed by atoms with Crippen LogP contribution in [0.15, 0.2) is 30.5 Å². The number of aromatic nitrogens is 2. The summed E-state index contributed by atoms with van der Waals surface area (Å²) < 4.78 is 0. The van der Waals surface area contributed by atoms with Crippen molar-refractivity contribution in [3.05, 3.63) is 36.0 Å². The van der Waals surface area contributed by atoms with Gasteiger partial charge in [0.25, 0.3) is 0 Å².